The molecule has 0 spiro atoms. The summed E-state index contributed by atoms with van der Waals surface area (Å²) in [5.41, 5.74) is 1.26. The summed E-state index contributed by atoms with van der Waals surface area (Å²) in [4.78, 5) is 24.5. The van der Waals surface area contributed by atoms with Crippen LogP contribution in [0.15, 0.2) is 24.3 Å². The van der Waals surface area contributed by atoms with Crippen molar-refractivity contribution in [3.8, 4) is 0 Å². The van der Waals surface area contributed by atoms with Crippen LogP contribution in [0.3, 0.4) is 0 Å². The minimum absolute atomic E-state index is 0.0465. The molecule has 0 atom stereocenters. The van der Waals surface area contributed by atoms with Crippen molar-refractivity contribution < 1.29 is 9.59 Å². The largest absolute Gasteiger partial charge is 0.325 e. The second kappa shape index (κ2) is 6.37. The van der Waals surface area contributed by atoms with Crippen molar-refractivity contribution >= 4 is 29.0 Å². The number of carbonyl (C=O) groups excluding carboxylic acids is 2. The van der Waals surface area contributed by atoms with Crippen molar-refractivity contribution in [1.82, 2.24) is 4.90 Å². The molecule has 17 heavy (non-hydrogen) atoms. The third-order valence-corrected chi connectivity index (χ3v) is 2.31. The van der Waals surface area contributed by atoms with E-state index < -0.39 is 0 Å². The van der Waals surface area contributed by atoms with E-state index in [1.165, 1.54) is 0 Å². The van der Waals surface area contributed by atoms with Gasteiger partial charge in [-0.05, 0) is 38.4 Å². The summed E-state index contributed by atoms with van der Waals surface area (Å²) in [7, 11) is 3.68. The Bertz CT molecular complexity index is 401. The molecule has 0 bridgehead atoms. The SMILES string of the molecule is CN(C)CC(=O)c1ccc(NC(=O)CCl)cc1. The molecule has 0 radical (unpaired) electrons. The Morgan fingerprint density at radius 1 is 1.24 bits per heavy atom. The van der Waals surface area contributed by atoms with Gasteiger partial charge in [-0.2, -0.15) is 0 Å². The van der Waals surface area contributed by atoms with Crippen LogP contribution in [-0.4, -0.2) is 43.1 Å². The second-order valence-corrected chi connectivity index (χ2v) is 4.19. The molecule has 0 aliphatic carbocycles. The number of ketones is 1. The predicted octanol–water partition coefficient (Wildman–Crippen LogP) is 1.61. The third-order valence-electron chi connectivity index (χ3n) is 2.07. The van der Waals surface area contributed by atoms with Gasteiger partial charge in [0.1, 0.15) is 5.88 Å². The van der Waals surface area contributed by atoms with Crippen molar-refractivity contribution in [3.05, 3.63) is 29.8 Å². The highest BCUT2D eigenvalue weighted by atomic mass is 35.5. The lowest BCUT2D eigenvalue weighted by Crippen LogP contribution is -2.21. The number of benzene rings is 1. The molecule has 5 heteroatoms. The molecular formula is C12H15ClN2O2. The van der Waals surface area contributed by atoms with Crippen molar-refractivity contribution in [1.29, 1.82) is 0 Å². The Hall–Kier alpha value is -1.39. The summed E-state index contributed by atoms with van der Waals surface area (Å²) in [6.45, 7) is 0.368. The molecule has 1 aromatic rings. The van der Waals surface area contributed by atoms with Gasteiger partial charge in [0.15, 0.2) is 5.78 Å². The first-order valence-corrected chi connectivity index (χ1v) is 5.70. The first-order valence-electron chi connectivity index (χ1n) is 5.16. The highest BCUT2D eigenvalue weighted by molar-refractivity contribution is 6.29. The molecule has 0 saturated carbocycles. The Kier molecular flexibility index (Phi) is 5.12. The number of likely N-dealkylation sites (N-methyl/N-ethyl adjacent to an activating group) is 1. The number of nitrogens with zero attached hydrogens (tertiary/aromatic N) is 1. The summed E-state index contributed by atoms with van der Waals surface area (Å²) in [6, 6.07) is 6.76. The summed E-state index contributed by atoms with van der Waals surface area (Å²) in [6.07, 6.45) is 0. The van der Waals surface area contributed by atoms with Crippen LogP contribution in [0.1, 0.15) is 10.4 Å². The van der Waals surface area contributed by atoms with E-state index in [1.807, 2.05) is 19.0 Å². The van der Waals surface area contributed by atoms with Gasteiger partial charge < -0.3 is 10.2 Å². The summed E-state index contributed by atoms with van der Waals surface area (Å²) < 4.78 is 0. The molecule has 92 valence electrons. The van der Waals surface area contributed by atoms with Crippen LogP contribution in [0.2, 0.25) is 0 Å². The lowest BCUT2D eigenvalue weighted by atomic mass is 10.1. The maximum Gasteiger partial charge on any atom is 0.239 e. The molecule has 0 aliphatic heterocycles. The zero-order chi connectivity index (χ0) is 12.8. The summed E-state index contributed by atoms with van der Waals surface area (Å²) in [5, 5.41) is 2.61. The minimum Gasteiger partial charge on any atom is -0.325 e. The first-order chi connectivity index (χ1) is 8.02. The molecule has 1 N–H and O–H groups in total. The predicted molar refractivity (Wildman–Crippen MR) is 68.7 cm³/mol. The van der Waals surface area contributed by atoms with E-state index in [0.29, 0.717) is 17.8 Å². The van der Waals surface area contributed by atoms with Gasteiger partial charge >= 0.3 is 0 Å². The Morgan fingerprint density at radius 2 is 1.82 bits per heavy atom. The van der Waals surface area contributed by atoms with E-state index in [9.17, 15) is 9.59 Å². The molecule has 0 saturated heterocycles. The average molecular weight is 255 g/mol. The molecule has 0 heterocycles. The number of carbonyl (C=O) groups is 2. The van der Waals surface area contributed by atoms with E-state index in [4.69, 9.17) is 11.6 Å². The summed E-state index contributed by atoms with van der Waals surface area (Å²) >= 11 is 5.37. The third kappa shape index (κ3) is 4.54. The van der Waals surface area contributed by atoms with Gasteiger partial charge in [0, 0.05) is 11.3 Å². The number of alkyl halides is 1. The number of hydrogen-bond donors (Lipinski definition) is 1. The molecular weight excluding hydrogens is 240 g/mol. The average Bonchev–Trinajstić information content (AvgIpc) is 2.28. The maximum absolute atomic E-state index is 11.7. The van der Waals surface area contributed by atoms with E-state index in [-0.39, 0.29) is 17.6 Å². The fourth-order valence-electron chi connectivity index (χ4n) is 1.31. The minimum atomic E-state index is -0.265. The number of rotatable bonds is 5. The van der Waals surface area contributed by atoms with Crippen LogP contribution in [0.5, 0.6) is 0 Å². The Labute approximate surface area is 106 Å². The number of halogens is 1. The van der Waals surface area contributed by atoms with Crippen molar-refractivity contribution in [3.63, 3.8) is 0 Å². The van der Waals surface area contributed by atoms with Gasteiger partial charge in [0.2, 0.25) is 5.91 Å². The second-order valence-electron chi connectivity index (χ2n) is 3.92. The normalized spacial score (nSPS) is 10.4. The Morgan fingerprint density at radius 3 is 2.29 bits per heavy atom. The molecule has 0 aromatic heterocycles. The zero-order valence-corrected chi connectivity index (χ0v) is 10.6. The monoisotopic (exact) mass is 254 g/mol. The van der Waals surface area contributed by atoms with Gasteiger partial charge in [0.05, 0.1) is 6.54 Å². The van der Waals surface area contributed by atoms with Crippen LogP contribution >= 0.6 is 11.6 Å². The van der Waals surface area contributed by atoms with E-state index in [0.717, 1.165) is 0 Å². The van der Waals surface area contributed by atoms with Crippen LogP contribution in [0, 0.1) is 0 Å². The number of nitrogens with one attached hydrogen (secondary N) is 1. The lowest BCUT2D eigenvalue weighted by Gasteiger charge is -2.09. The Balaban J connectivity index is 2.67. The van der Waals surface area contributed by atoms with Crippen molar-refractivity contribution in [2.45, 2.75) is 0 Å². The van der Waals surface area contributed by atoms with Gasteiger partial charge in [-0.15, -0.1) is 11.6 Å². The quantitative estimate of drug-likeness (QED) is 0.642. The van der Waals surface area contributed by atoms with E-state index >= 15 is 0 Å². The molecule has 1 amide bonds. The van der Waals surface area contributed by atoms with E-state index in [2.05, 4.69) is 5.32 Å². The maximum atomic E-state index is 11.7. The smallest absolute Gasteiger partial charge is 0.239 e. The molecule has 1 rings (SSSR count). The lowest BCUT2D eigenvalue weighted by molar-refractivity contribution is -0.113. The van der Waals surface area contributed by atoms with E-state index in [1.54, 1.807) is 24.3 Å². The summed E-state index contributed by atoms with van der Waals surface area (Å²) in [5.74, 6) is -0.300. The fourth-order valence-corrected chi connectivity index (χ4v) is 1.38. The first kappa shape index (κ1) is 13.7. The van der Waals surface area contributed by atoms with Crippen molar-refractivity contribution in [2.75, 3.05) is 31.8 Å². The fraction of sp³-hybridized carbons (Fsp3) is 0.333. The molecule has 1 aromatic carbocycles. The topological polar surface area (TPSA) is 49.4 Å². The number of hydrogen-bond acceptors (Lipinski definition) is 3. The van der Waals surface area contributed by atoms with Crippen LogP contribution < -0.4 is 5.32 Å². The number of anilines is 1. The standard InChI is InChI=1S/C12H15ClN2O2/c1-15(2)8-11(16)9-3-5-10(6-4-9)14-12(17)7-13/h3-6H,7-8H2,1-2H3,(H,14,17). The molecule has 4 nitrogen and oxygen atoms in total. The molecule has 0 unspecified atom stereocenters. The van der Waals surface area contributed by atoms with Gasteiger partial charge in [-0.25, -0.2) is 0 Å². The van der Waals surface area contributed by atoms with Gasteiger partial charge in [0.25, 0.3) is 0 Å². The van der Waals surface area contributed by atoms with Crippen LogP contribution in [0.4, 0.5) is 5.69 Å². The van der Waals surface area contributed by atoms with Crippen LogP contribution in [0.25, 0.3) is 0 Å². The van der Waals surface area contributed by atoms with Gasteiger partial charge in [-0.3, -0.25) is 9.59 Å². The van der Waals surface area contributed by atoms with Gasteiger partial charge in [-0.1, -0.05) is 0 Å². The van der Waals surface area contributed by atoms with Crippen LogP contribution in [-0.2, 0) is 4.79 Å². The number of Topliss-reactive ketones (excluding diaryl/α,β-unsaturated/α-hetero) is 1. The number of amides is 1. The zero-order valence-electron chi connectivity index (χ0n) is 9.87. The highest BCUT2D eigenvalue weighted by Gasteiger charge is 2.07. The molecule has 0 aliphatic rings. The highest BCUT2D eigenvalue weighted by Crippen LogP contribution is 2.10. The molecule has 0 fully saturated rings. The van der Waals surface area contributed by atoms with Crippen molar-refractivity contribution in [2.24, 2.45) is 0 Å².